The second-order valence-corrected chi connectivity index (χ2v) is 5.78. The van der Waals surface area contributed by atoms with E-state index >= 15 is 0 Å². The van der Waals surface area contributed by atoms with Crippen LogP contribution in [0.15, 0.2) is 0 Å². The zero-order chi connectivity index (χ0) is 10.5. The molecule has 5 heteroatoms. The van der Waals surface area contributed by atoms with Crippen LogP contribution < -0.4 is 5.32 Å². The van der Waals surface area contributed by atoms with E-state index in [9.17, 15) is 0 Å². The van der Waals surface area contributed by atoms with Gasteiger partial charge in [0.15, 0.2) is 0 Å². The molecule has 0 atom stereocenters. The summed E-state index contributed by atoms with van der Waals surface area (Å²) in [7, 11) is 0. The van der Waals surface area contributed by atoms with Gasteiger partial charge in [0, 0.05) is 24.5 Å². The van der Waals surface area contributed by atoms with Crippen molar-refractivity contribution in [1.29, 1.82) is 0 Å². The number of nitrogens with one attached hydrogen (secondary N) is 1. The van der Waals surface area contributed by atoms with Gasteiger partial charge in [0.25, 0.3) is 0 Å². The quantitative estimate of drug-likeness (QED) is 0.882. The summed E-state index contributed by atoms with van der Waals surface area (Å²) in [4.78, 5) is 4.40. The van der Waals surface area contributed by atoms with Crippen LogP contribution in [0.5, 0.6) is 0 Å². The molecule has 0 saturated carbocycles. The fraction of sp³-hybridized carbons (Fsp3) is 0.800. The highest BCUT2D eigenvalue weighted by Gasteiger charge is 2.13. The highest BCUT2D eigenvalue weighted by atomic mass is 32.2. The minimum atomic E-state index is 0.834. The zero-order valence-corrected chi connectivity index (χ0v) is 10.7. The fourth-order valence-corrected chi connectivity index (χ4v) is 3.51. The second kappa shape index (κ2) is 5.70. The fourth-order valence-electron chi connectivity index (χ4n) is 1.65. The molecule has 1 fully saturated rings. The van der Waals surface area contributed by atoms with Gasteiger partial charge in [-0.3, -0.25) is 0 Å². The van der Waals surface area contributed by atoms with Gasteiger partial charge in [0.05, 0.1) is 0 Å². The number of aryl methyl sites for hydroxylation is 1. The summed E-state index contributed by atoms with van der Waals surface area (Å²) in [6.45, 7) is 3.16. The van der Waals surface area contributed by atoms with Gasteiger partial charge in [-0.15, -0.1) is 0 Å². The normalized spacial score (nSPS) is 17.9. The van der Waals surface area contributed by atoms with E-state index < -0.39 is 0 Å². The molecular weight excluding hydrogens is 226 g/mol. The average molecular weight is 243 g/mol. The van der Waals surface area contributed by atoms with E-state index in [2.05, 4.69) is 33.4 Å². The van der Waals surface area contributed by atoms with E-state index in [0.717, 1.165) is 29.8 Å². The molecule has 3 nitrogen and oxygen atoms in total. The number of thioether (sulfide) groups is 1. The van der Waals surface area contributed by atoms with Crippen LogP contribution in [0.25, 0.3) is 0 Å². The van der Waals surface area contributed by atoms with Crippen molar-refractivity contribution in [2.75, 3.05) is 23.4 Å². The van der Waals surface area contributed by atoms with Crippen LogP contribution in [-0.4, -0.2) is 27.4 Å². The highest BCUT2D eigenvalue weighted by molar-refractivity contribution is 7.99. The van der Waals surface area contributed by atoms with Crippen molar-refractivity contribution in [2.45, 2.75) is 26.2 Å². The van der Waals surface area contributed by atoms with Crippen LogP contribution in [0.4, 0.5) is 5.13 Å². The topological polar surface area (TPSA) is 37.8 Å². The maximum atomic E-state index is 4.40. The molecule has 0 unspecified atom stereocenters. The third-order valence-electron chi connectivity index (χ3n) is 2.67. The molecule has 0 radical (unpaired) electrons. The minimum Gasteiger partial charge on any atom is -0.360 e. The van der Waals surface area contributed by atoms with Crippen molar-refractivity contribution in [3.8, 4) is 0 Å². The van der Waals surface area contributed by atoms with Crippen molar-refractivity contribution in [3.05, 3.63) is 5.82 Å². The number of rotatable bonds is 4. The number of aromatic nitrogens is 2. The molecular formula is C10H17N3S2. The largest absolute Gasteiger partial charge is 0.360 e. The smallest absolute Gasteiger partial charge is 0.202 e. The molecule has 1 aromatic heterocycles. The first-order valence-electron chi connectivity index (χ1n) is 5.52. The van der Waals surface area contributed by atoms with Crippen LogP contribution in [0.1, 0.15) is 25.6 Å². The Morgan fingerprint density at radius 2 is 2.20 bits per heavy atom. The standard InChI is InChI=1S/C10H17N3S2/c1-2-9-12-10(15-13-9)11-7-8-3-5-14-6-4-8/h8H,2-7H2,1H3,(H,11,12,13). The molecule has 0 aromatic carbocycles. The highest BCUT2D eigenvalue weighted by Crippen LogP contribution is 2.23. The second-order valence-electron chi connectivity index (χ2n) is 3.81. The van der Waals surface area contributed by atoms with E-state index in [1.54, 1.807) is 0 Å². The Bertz CT molecular complexity index is 295. The molecule has 84 valence electrons. The number of nitrogens with zero attached hydrogens (tertiary/aromatic N) is 2. The Morgan fingerprint density at radius 1 is 1.40 bits per heavy atom. The van der Waals surface area contributed by atoms with Crippen molar-refractivity contribution in [2.24, 2.45) is 5.92 Å². The summed E-state index contributed by atoms with van der Waals surface area (Å²) in [5, 5.41) is 4.40. The van der Waals surface area contributed by atoms with E-state index in [1.165, 1.54) is 35.9 Å². The number of anilines is 1. The summed E-state index contributed by atoms with van der Waals surface area (Å²) in [6.07, 6.45) is 3.62. The lowest BCUT2D eigenvalue weighted by Gasteiger charge is -2.21. The van der Waals surface area contributed by atoms with E-state index in [1.807, 2.05) is 0 Å². The third kappa shape index (κ3) is 3.34. The molecule has 0 bridgehead atoms. The summed E-state index contributed by atoms with van der Waals surface area (Å²) in [5.41, 5.74) is 0. The Hall–Kier alpha value is -0.290. The molecule has 1 saturated heterocycles. The molecule has 1 aliphatic rings. The lowest BCUT2D eigenvalue weighted by Crippen LogP contribution is -2.19. The summed E-state index contributed by atoms with van der Waals surface area (Å²) in [6, 6.07) is 0. The predicted octanol–water partition coefficient (Wildman–Crippen LogP) is 2.66. The SMILES string of the molecule is CCc1nsc(NCC2CCSCC2)n1. The lowest BCUT2D eigenvalue weighted by molar-refractivity contribution is 0.516. The molecule has 0 spiro atoms. The van der Waals surface area contributed by atoms with Crippen LogP contribution >= 0.6 is 23.3 Å². The molecule has 1 aliphatic heterocycles. The molecule has 0 amide bonds. The predicted molar refractivity (Wildman–Crippen MR) is 67.8 cm³/mol. The van der Waals surface area contributed by atoms with Crippen molar-refractivity contribution in [1.82, 2.24) is 9.36 Å². The van der Waals surface area contributed by atoms with Gasteiger partial charge in [-0.2, -0.15) is 16.1 Å². The van der Waals surface area contributed by atoms with Crippen molar-refractivity contribution in [3.63, 3.8) is 0 Å². The van der Waals surface area contributed by atoms with Crippen molar-refractivity contribution < 1.29 is 0 Å². The lowest BCUT2D eigenvalue weighted by atomic mass is 10.0. The van der Waals surface area contributed by atoms with Gasteiger partial charge in [0.1, 0.15) is 5.82 Å². The Labute approximate surface area is 99.2 Å². The number of hydrogen-bond acceptors (Lipinski definition) is 5. The van der Waals surface area contributed by atoms with Gasteiger partial charge in [0.2, 0.25) is 5.13 Å². The first kappa shape index (κ1) is 11.2. The Balaban J connectivity index is 1.76. The summed E-state index contributed by atoms with van der Waals surface area (Å²) < 4.78 is 4.26. The van der Waals surface area contributed by atoms with Gasteiger partial charge in [-0.25, -0.2) is 4.98 Å². The molecule has 2 rings (SSSR count). The Kier molecular flexibility index (Phi) is 4.26. The van der Waals surface area contributed by atoms with Gasteiger partial charge in [-0.05, 0) is 30.3 Å². The number of hydrogen-bond donors (Lipinski definition) is 1. The van der Waals surface area contributed by atoms with Crippen LogP contribution in [0, 0.1) is 5.92 Å². The molecule has 1 N–H and O–H groups in total. The van der Waals surface area contributed by atoms with Gasteiger partial charge in [-0.1, -0.05) is 6.92 Å². The summed E-state index contributed by atoms with van der Waals surface area (Å²) in [5.74, 6) is 4.44. The van der Waals surface area contributed by atoms with Crippen LogP contribution in [0.3, 0.4) is 0 Å². The summed E-state index contributed by atoms with van der Waals surface area (Å²) >= 11 is 3.56. The first-order chi connectivity index (χ1) is 7.38. The monoisotopic (exact) mass is 243 g/mol. The minimum absolute atomic E-state index is 0.834. The van der Waals surface area contributed by atoms with Gasteiger partial charge < -0.3 is 5.32 Å². The molecule has 1 aromatic rings. The third-order valence-corrected chi connectivity index (χ3v) is 4.43. The average Bonchev–Trinajstić information content (AvgIpc) is 2.76. The maximum Gasteiger partial charge on any atom is 0.202 e. The zero-order valence-electron chi connectivity index (χ0n) is 9.03. The first-order valence-corrected chi connectivity index (χ1v) is 7.45. The Morgan fingerprint density at radius 3 is 2.87 bits per heavy atom. The maximum absolute atomic E-state index is 4.40. The van der Waals surface area contributed by atoms with Crippen LogP contribution in [-0.2, 0) is 6.42 Å². The molecule has 0 aliphatic carbocycles. The van der Waals surface area contributed by atoms with Crippen LogP contribution in [0.2, 0.25) is 0 Å². The van der Waals surface area contributed by atoms with E-state index in [4.69, 9.17) is 0 Å². The molecule has 2 heterocycles. The van der Waals surface area contributed by atoms with Gasteiger partial charge >= 0.3 is 0 Å². The van der Waals surface area contributed by atoms with Crippen molar-refractivity contribution >= 4 is 28.4 Å². The van der Waals surface area contributed by atoms with E-state index in [0.29, 0.717) is 0 Å². The van der Waals surface area contributed by atoms with E-state index in [-0.39, 0.29) is 0 Å². The molecule has 15 heavy (non-hydrogen) atoms.